The summed E-state index contributed by atoms with van der Waals surface area (Å²) in [5, 5.41) is 15.1. The number of hydrogen-bond donors (Lipinski definition) is 1. The van der Waals surface area contributed by atoms with Crippen LogP contribution in [-0.4, -0.2) is 22.0 Å². The average Bonchev–Trinajstić information content (AvgIpc) is 3.23. The van der Waals surface area contributed by atoms with Crippen molar-refractivity contribution in [3.05, 3.63) is 87.9 Å². The second-order valence-electron chi connectivity index (χ2n) is 6.53. The molecule has 1 fully saturated rings. The van der Waals surface area contributed by atoms with Crippen LogP contribution in [0.5, 0.6) is 0 Å². The number of benzene rings is 2. The van der Waals surface area contributed by atoms with Crippen molar-refractivity contribution in [2.24, 2.45) is 0 Å². The molecule has 1 N–H and O–H groups in total. The van der Waals surface area contributed by atoms with Crippen molar-refractivity contribution < 1.29 is 23.6 Å². The van der Waals surface area contributed by atoms with Gasteiger partial charge in [-0.2, -0.15) is 0 Å². The SMILES string of the molecule is Cc1cc(N2C(=O)C(=O)/C(=C(\O)c3ccc(F)cc3)C2c2cccc(Cl)c2)no1. The number of rotatable bonds is 3. The molecule has 1 aromatic heterocycles. The molecule has 0 aliphatic carbocycles. The number of nitrogens with zero attached hydrogens (tertiary/aromatic N) is 2. The lowest BCUT2D eigenvalue weighted by Gasteiger charge is -2.23. The van der Waals surface area contributed by atoms with Crippen molar-refractivity contribution in [1.82, 2.24) is 5.16 Å². The van der Waals surface area contributed by atoms with Gasteiger partial charge in [0.2, 0.25) is 0 Å². The first-order valence-corrected chi connectivity index (χ1v) is 9.00. The maximum atomic E-state index is 13.3. The number of ketones is 1. The third-order valence-electron chi connectivity index (χ3n) is 4.59. The first-order chi connectivity index (χ1) is 13.9. The van der Waals surface area contributed by atoms with Crippen molar-refractivity contribution in [3.63, 3.8) is 0 Å². The van der Waals surface area contributed by atoms with Crippen LogP contribution < -0.4 is 4.90 Å². The fourth-order valence-corrected chi connectivity index (χ4v) is 3.49. The Morgan fingerprint density at radius 1 is 1.17 bits per heavy atom. The quantitative estimate of drug-likeness (QED) is 0.391. The van der Waals surface area contributed by atoms with E-state index in [0.29, 0.717) is 16.3 Å². The van der Waals surface area contributed by atoms with Crippen LogP contribution >= 0.6 is 11.6 Å². The Kier molecular flexibility index (Phi) is 4.68. The number of halogens is 2. The summed E-state index contributed by atoms with van der Waals surface area (Å²) in [6.45, 7) is 1.65. The van der Waals surface area contributed by atoms with E-state index in [0.717, 1.165) is 17.0 Å². The molecule has 1 aliphatic heterocycles. The normalized spacial score (nSPS) is 18.4. The molecular weight excluding hydrogens is 399 g/mol. The maximum absolute atomic E-state index is 13.3. The van der Waals surface area contributed by atoms with Crippen LogP contribution in [0.15, 0.2) is 64.7 Å². The number of carbonyl (C=O) groups is 2. The summed E-state index contributed by atoms with van der Waals surface area (Å²) in [6, 6.07) is 12.1. The van der Waals surface area contributed by atoms with Gasteiger partial charge in [0, 0.05) is 16.7 Å². The van der Waals surface area contributed by atoms with Gasteiger partial charge in [0.05, 0.1) is 11.6 Å². The topological polar surface area (TPSA) is 83.6 Å². The van der Waals surface area contributed by atoms with Gasteiger partial charge in [-0.25, -0.2) is 4.39 Å². The molecular formula is C21H14ClFN2O4. The molecule has 146 valence electrons. The van der Waals surface area contributed by atoms with Crippen molar-refractivity contribution in [1.29, 1.82) is 0 Å². The van der Waals surface area contributed by atoms with E-state index in [1.54, 1.807) is 31.2 Å². The van der Waals surface area contributed by atoms with Crippen LogP contribution in [0.25, 0.3) is 5.76 Å². The smallest absolute Gasteiger partial charge is 0.301 e. The van der Waals surface area contributed by atoms with E-state index < -0.39 is 29.3 Å². The fraction of sp³-hybridized carbons (Fsp3) is 0.0952. The number of aryl methyl sites for hydroxylation is 1. The number of anilines is 1. The molecule has 1 amide bonds. The lowest BCUT2D eigenvalue weighted by molar-refractivity contribution is -0.132. The Hall–Kier alpha value is -3.45. The molecule has 0 bridgehead atoms. The molecule has 29 heavy (non-hydrogen) atoms. The minimum atomic E-state index is -0.983. The highest BCUT2D eigenvalue weighted by Gasteiger charge is 2.48. The third-order valence-corrected chi connectivity index (χ3v) is 4.82. The number of Topliss-reactive ketones (excluding diaryl/α,β-unsaturated/α-hetero) is 1. The molecule has 1 atom stereocenters. The summed E-state index contributed by atoms with van der Waals surface area (Å²) < 4.78 is 18.3. The predicted molar refractivity (Wildman–Crippen MR) is 104 cm³/mol. The molecule has 1 aliphatic rings. The van der Waals surface area contributed by atoms with Gasteiger partial charge in [0.1, 0.15) is 17.3 Å². The van der Waals surface area contributed by atoms with Gasteiger partial charge in [-0.05, 0) is 48.9 Å². The van der Waals surface area contributed by atoms with Crippen LogP contribution in [0.4, 0.5) is 10.2 Å². The lowest BCUT2D eigenvalue weighted by Crippen LogP contribution is -2.29. The summed E-state index contributed by atoms with van der Waals surface area (Å²) >= 11 is 6.11. The summed E-state index contributed by atoms with van der Waals surface area (Å²) in [5.74, 6) is -2.09. The monoisotopic (exact) mass is 412 g/mol. The van der Waals surface area contributed by atoms with Gasteiger partial charge in [-0.1, -0.05) is 28.9 Å². The molecule has 1 saturated heterocycles. The highest BCUT2D eigenvalue weighted by Crippen LogP contribution is 2.42. The van der Waals surface area contributed by atoms with Gasteiger partial charge in [-0.3, -0.25) is 14.5 Å². The number of aliphatic hydroxyl groups excluding tert-OH is 1. The number of carbonyl (C=O) groups excluding carboxylic acids is 2. The molecule has 0 radical (unpaired) electrons. The molecule has 8 heteroatoms. The molecule has 0 saturated carbocycles. The molecule has 4 rings (SSSR count). The average molecular weight is 413 g/mol. The van der Waals surface area contributed by atoms with Crippen LogP contribution in [0, 0.1) is 12.7 Å². The van der Waals surface area contributed by atoms with Gasteiger partial charge < -0.3 is 9.63 Å². The molecule has 2 heterocycles. The van der Waals surface area contributed by atoms with Gasteiger partial charge >= 0.3 is 5.91 Å². The number of aromatic nitrogens is 1. The summed E-state index contributed by atoms with van der Waals surface area (Å²) in [4.78, 5) is 26.9. The summed E-state index contributed by atoms with van der Waals surface area (Å²) in [7, 11) is 0. The van der Waals surface area contributed by atoms with Crippen molar-refractivity contribution in [3.8, 4) is 0 Å². The van der Waals surface area contributed by atoms with Crippen LogP contribution in [-0.2, 0) is 9.59 Å². The van der Waals surface area contributed by atoms with E-state index in [9.17, 15) is 19.1 Å². The molecule has 1 unspecified atom stereocenters. The van der Waals surface area contributed by atoms with Gasteiger partial charge in [0.15, 0.2) is 5.82 Å². The Morgan fingerprint density at radius 2 is 1.90 bits per heavy atom. The van der Waals surface area contributed by atoms with Crippen molar-refractivity contribution in [2.75, 3.05) is 4.90 Å². The first kappa shape index (κ1) is 18.9. The van der Waals surface area contributed by atoms with E-state index in [4.69, 9.17) is 16.1 Å². The minimum Gasteiger partial charge on any atom is -0.507 e. The Bertz CT molecular complexity index is 1150. The van der Waals surface area contributed by atoms with E-state index in [1.807, 2.05) is 0 Å². The number of amides is 1. The molecule has 0 spiro atoms. The maximum Gasteiger partial charge on any atom is 0.301 e. The summed E-state index contributed by atoms with van der Waals surface area (Å²) in [5.41, 5.74) is 0.554. The fourth-order valence-electron chi connectivity index (χ4n) is 3.29. The molecule has 6 nitrogen and oxygen atoms in total. The van der Waals surface area contributed by atoms with Crippen molar-refractivity contribution >= 4 is 34.9 Å². The van der Waals surface area contributed by atoms with E-state index in [-0.39, 0.29) is 17.0 Å². The zero-order valence-electron chi connectivity index (χ0n) is 15.1. The summed E-state index contributed by atoms with van der Waals surface area (Å²) in [6.07, 6.45) is 0. The second-order valence-corrected chi connectivity index (χ2v) is 6.96. The van der Waals surface area contributed by atoms with Crippen LogP contribution in [0.3, 0.4) is 0 Å². The standard InChI is InChI=1S/C21H14ClFN2O4/c1-11-9-16(24-29-11)25-18(13-3-2-4-14(22)10-13)17(20(27)21(25)28)19(26)12-5-7-15(23)8-6-12/h2-10,18,26H,1H3/b19-17-. The minimum absolute atomic E-state index is 0.132. The van der Waals surface area contributed by atoms with Crippen LogP contribution in [0.1, 0.15) is 22.9 Å². The predicted octanol–water partition coefficient (Wildman–Crippen LogP) is 4.40. The van der Waals surface area contributed by atoms with Crippen molar-refractivity contribution in [2.45, 2.75) is 13.0 Å². The molecule has 3 aromatic rings. The van der Waals surface area contributed by atoms with E-state index in [1.165, 1.54) is 18.2 Å². The first-order valence-electron chi connectivity index (χ1n) is 8.62. The third kappa shape index (κ3) is 3.30. The van der Waals surface area contributed by atoms with Gasteiger partial charge in [0.25, 0.3) is 5.78 Å². The Morgan fingerprint density at radius 3 is 2.52 bits per heavy atom. The largest absolute Gasteiger partial charge is 0.507 e. The molecule has 2 aromatic carbocycles. The Labute approximate surface area is 169 Å². The number of hydrogen-bond acceptors (Lipinski definition) is 5. The second kappa shape index (κ2) is 7.18. The highest BCUT2D eigenvalue weighted by atomic mass is 35.5. The van der Waals surface area contributed by atoms with E-state index >= 15 is 0 Å². The Balaban J connectivity index is 1.95. The zero-order chi connectivity index (χ0) is 20.7. The number of aliphatic hydroxyl groups is 1. The van der Waals surface area contributed by atoms with Gasteiger partial charge in [-0.15, -0.1) is 0 Å². The lowest BCUT2D eigenvalue weighted by atomic mass is 9.95. The highest BCUT2D eigenvalue weighted by molar-refractivity contribution is 6.51. The zero-order valence-corrected chi connectivity index (χ0v) is 15.9. The van der Waals surface area contributed by atoms with E-state index in [2.05, 4.69) is 5.16 Å². The van der Waals surface area contributed by atoms with Crippen LogP contribution in [0.2, 0.25) is 5.02 Å².